The van der Waals surface area contributed by atoms with Crippen LogP contribution >= 0.6 is 11.6 Å². The van der Waals surface area contributed by atoms with Gasteiger partial charge in [0.1, 0.15) is 16.7 Å². The molecule has 0 atom stereocenters. The van der Waals surface area contributed by atoms with Gasteiger partial charge in [-0.2, -0.15) is 5.26 Å². The number of nitriles is 1. The van der Waals surface area contributed by atoms with Crippen molar-refractivity contribution >= 4 is 28.8 Å². The van der Waals surface area contributed by atoms with Crippen LogP contribution in [0.15, 0.2) is 30.3 Å². The minimum absolute atomic E-state index is 0.301. The van der Waals surface area contributed by atoms with Crippen molar-refractivity contribution < 1.29 is 4.74 Å². The third-order valence-corrected chi connectivity index (χ3v) is 2.60. The number of nitrogens with two attached hydrogens (primary N) is 1. The molecule has 1 heterocycles. The van der Waals surface area contributed by atoms with Gasteiger partial charge in [0.2, 0.25) is 0 Å². The third kappa shape index (κ3) is 3.06. The lowest BCUT2D eigenvalue weighted by Crippen LogP contribution is -1.98. The van der Waals surface area contributed by atoms with Gasteiger partial charge in [-0.15, -0.1) is 0 Å². The van der Waals surface area contributed by atoms with Crippen LogP contribution in [0.1, 0.15) is 5.56 Å². The van der Waals surface area contributed by atoms with Crippen LogP contribution in [0.25, 0.3) is 0 Å². The van der Waals surface area contributed by atoms with Gasteiger partial charge in [0, 0.05) is 17.8 Å². The average Bonchev–Trinajstić information content (AvgIpc) is 2.38. The van der Waals surface area contributed by atoms with Crippen LogP contribution < -0.4 is 15.8 Å². The fraction of sp³-hybridized carbons (Fsp3) is 0.0769. The first-order chi connectivity index (χ1) is 9.12. The molecule has 2 aromatic rings. The molecule has 5 nitrogen and oxygen atoms in total. The summed E-state index contributed by atoms with van der Waals surface area (Å²) in [6.45, 7) is 0. The van der Waals surface area contributed by atoms with Crippen molar-refractivity contribution in [2.75, 3.05) is 18.2 Å². The van der Waals surface area contributed by atoms with Crippen LogP contribution in [0.3, 0.4) is 0 Å². The van der Waals surface area contributed by atoms with Gasteiger partial charge in [0.05, 0.1) is 24.4 Å². The second-order valence-corrected chi connectivity index (χ2v) is 4.15. The number of hydrogen-bond donors (Lipinski definition) is 2. The Kier molecular flexibility index (Phi) is 3.74. The lowest BCUT2D eigenvalue weighted by atomic mass is 10.2. The van der Waals surface area contributed by atoms with E-state index in [1.165, 1.54) is 7.11 Å². The lowest BCUT2D eigenvalue weighted by molar-refractivity contribution is 0.416. The number of methoxy groups -OCH3 is 1. The summed E-state index contributed by atoms with van der Waals surface area (Å²) in [5.74, 6) is 1.05. The molecule has 0 spiro atoms. The van der Waals surface area contributed by atoms with Gasteiger partial charge in [-0.1, -0.05) is 11.6 Å². The zero-order valence-corrected chi connectivity index (χ0v) is 10.9. The lowest BCUT2D eigenvalue weighted by Gasteiger charge is -2.11. The van der Waals surface area contributed by atoms with E-state index >= 15 is 0 Å². The zero-order valence-electron chi connectivity index (χ0n) is 10.1. The largest absolute Gasteiger partial charge is 0.495 e. The molecule has 2 rings (SSSR count). The molecule has 1 aromatic heterocycles. The standard InChI is InChI=1S/C13H11ClN4O/c1-19-11-4-8(7-15)2-3-10(11)17-13-6-9(16)5-12(14)18-13/h2-6H,1H3,(H3,16,17,18). The molecular formula is C13H11ClN4O. The highest BCUT2D eigenvalue weighted by Crippen LogP contribution is 2.29. The molecule has 0 aliphatic heterocycles. The van der Waals surface area contributed by atoms with E-state index in [0.29, 0.717) is 33.7 Å². The van der Waals surface area contributed by atoms with Crippen molar-refractivity contribution in [3.8, 4) is 11.8 Å². The maximum atomic E-state index is 8.84. The van der Waals surface area contributed by atoms with Gasteiger partial charge >= 0.3 is 0 Å². The predicted octanol–water partition coefficient (Wildman–Crippen LogP) is 2.94. The summed E-state index contributed by atoms with van der Waals surface area (Å²) in [5, 5.41) is 12.2. The van der Waals surface area contributed by atoms with Crippen molar-refractivity contribution in [3.63, 3.8) is 0 Å². The molecule has 0 saturated heterocycles. The van der Waals surface area contributed by atoms with Gasteiger partial charge in [-0.25, -0.2) is 4.98 Å². The SMILES string of the molecule is COc1cc(C#N)ccc1Nc1cc(N)cc(Cl)n1. The van der Waals surface area contributed by atoms with Crippen molar-refractivity contribution in [2.45, 2.75) is 0 Å². The first-order valence-electron chi connectivity index (χ1n) is 5.40. The fourth-order valence-corrected chi connectivity index (χ4v) is 1.80. The van der Waals surface area contributed by atoms with Crippen molar-refractivity contribution in [3.05, 3.63) is 41.0 Å². The van der Waals surface area contributed by atoms with Crippen LogP contribution in [-0.2, 0) is 0 Å². The van der Waals surface area contributed by atoms with E-state index in [-0.39, 0.29) is 0 Å². The highest BCUT2D eigenvalue weighted by Gasteiger charge is 2.06. The number of nitrogens with one attached hydrogen (secondary N) is 1. The monoisotopic (exact) mass is 274 g/mol. The van der Waals surface area contributed by atoms with E-state index in [4.69, 9.17) is 27.3 Å². The second-order valence-electron chi connectivity index (χ2n) is 3.76. The molecule has 0 aliphatic carbocycles. The number of ether oxygens (including phenoxy) is 1. The topological polar surface area (TPSA) is 84.0 Å². The van der Waals surface area contributed by atoms with Gasteiger partial charge in [-0.3, -0.25) is 0 Å². The number of rotatable bonds is 3. The van der Waals surface area contributed by atoms with Crippen LogP contribution in [0, 0.1) is 11.3 Å². The number of anilines is 3. The Morgan fingerprint density at radius 2 is 2.16 bits per heavy atom. The molecule has 0 saturated carbocycles. The van der Waals surface area contributed by atoms with E-state index < -0.39 is 0 Å². The number of hydrogen-bond acceptors (Lipinski definition) is 5. The summed E-state index contributed by atoms with van der Waals surface area (Å²) in [4.78, 5) is 4.10. The number of aromatic nitrogens is 1. The Bertz CT molecular complexity index is 631. The van der Waals surface area contributed by atoms with E-state index in [2.05, 4.69) is 10.3 Å². The molecule has 0 unspecified atom stereocenters. The van der Waals surface area contributed by atoms with Gasteiger partial charge in [-0.05, 0) is 18.2 Å². The molecule has 0 amide bonds. The highest BCUT2D eigenvalue weighted by molar-refractivity contribution is 6.29. The van der Waals surface area contributed by atoms with Crippen LogP contribution in [0.4, 0.5) is 17.2 Å². The molecular weight excluding hydrogens is 264 g/mol. The second kappa shape index (κ2) is 5.46. The van der Waals surface area contributed by atoms with Crippen LogP contribution in [0.5, 0.6) is 5.75 Å². The molecule has 0 fully saturated rings. The summed E-state index contributed by atoms with van der Waals surface area (Å²) in [6.07, 6.45) is 0. The van der Waals surface area contributed by atoms with Gasteiger partial charge in [0.25, 0.3) is 0 Å². The summed E-state index contributed by atoms with van der Waals surface area (Å²) in [6, 6.07) is 10.3. The first-order valence-corrected chi connectivity index (χ1v) is 5.78. The quantitative estimate of drug-likeness (QED) is 0.841. The highest BCUT2D eigenvalue weighted by atomic mass is 35.5. The maximum Gasteiger partial charge on any atom is 0.143 e. The van der Waals surface area contributed by atoms with Crippen molar-refractivity contribution in [1.82, 2.24) is 4.98 Å². The van der Waals surface area contributed by atoms with Crippen molar-refractivity contribution in [2.24, 2.45) is 0 Å². The van der Waals surface area contributed by atoms with Crippen LogP contribution in [0.2, 0.25) is 5.15 Å². The molecule has 0 radical (unpaired) electrons. The zero-order chi connectivity index (χ0) is 13.8. The fourth-order valence-electron chi connectivity index (χ4n) is 1.58. The van der Waals surface area contributed by atoms with Crippen molar-refractivity contribution in [1.29, 1.82) is 5.26 Å². The minimum atomic E-state index is 0.301. The number of halogens is 1. The summed E-state index contributed by atoms with van der Waals surface area (Å²) in [7, 11) is 1.53. The first kappa shape index (κ1) is 13.0. The Morgan fingerprint density at radius 1 is 1.37 bits per heavy atom. The van der Waals surface area contributed by atoms with E-state index in [0.717, 1.165) is 0 Å². The molecule has 96 valence electrons. The van der Waals surface area contributed by atoms with E-state index in [1.54, 1.807) is 30.3 Å². The predicted molar refractivity (Wildman–Crippen MR) is 74.7 cm³/mol. The summed E-state index contributed by atoms with van der Waals surface area (Å²) < 4.78 is 5.21. The summed E-state index contributed by atoms with van der Waals surface area (Å²) >= 11 is 5.83. The summed E-state index contributed by atoms with van der Waals surface area (Å²) in [5.41, 5.74) is 7.39. The Hall–Kier alpha value is -2.45. The number of nitrogens with zero attached hydrogens (tertiary/aromatic N) is 2. The minimum Gasteiger partial charge on any atom is -0.495 e. The Balaban J connectivity index is 2.35. The van der Waals surface area contributed by atoms with Crippen LogP contribution in [-0.4, -0.2) is 12.1 Å². The number of benzene rings is 1. The maximum absolute atomic E-state index is 8.84. The third-order valence-electron chi connectivity index (χ3n) is 2.41. The molecule has 3 N–H and O–H groups in total. The number of pyridine rings is 1. The molecule has 19 heavy (non-hydrogen) atoms. The molecule has 1 aromatic carbocycles. The van der Waals surface area contributed by atoms with Gasteiger partial charge in [0.15, 0.2) is 0 Å². The van der Waals surface area contributed by atoms with E-state index in [9.17, 15) is 0 Å². The smallest absolute Gasteiger partial charge is 0.143 e. The number of nitrogen functional groups attached to an aromatic ring is 1. The van der Waals surface area contributed by atoms with E-state index in [1.807, 2.05) is 6.07 Å². The molecule has 6 heteroatoms. The molecule has 0 aliphatic rings. The van der Waals surface area contributed by atoms with Gasteiger partial charge < -0.3 is 15.8 Å². The normalized spacial score (nSPS) is 9.74. The molecule has 0 bridgehead atoms. The Labute approximate surface area is 115 Å². The average molecular weight is 275 g/mol. The Morgan fingerprint density at radius 3 is 2.79 bits per heavy atom.